The number of aromatic nitrogens is 2. The summed E-state index contributed by atoms with van der Waals surface area (Å²) in [6.45, 7) is 5.48. The summed E-state index contributed by atoms with van der Waals surface area (Å²) in [5.41, 5.74) is 2.90. The molecule has 2 heterocycles. The number of piperazine rings is 1. The van der Waals surface area contributed by atoms with E-state index in [2.05, 4.69) is 15.1 Å². The zero-order valence-electron chi connectivity index (χ0n) is 16.6. The average molecular weight is 445 g/mol. The lowest BCUT2D eigenvalue weighted by molar-refractivity contribution is -0.132. The van der Waals surface area contributed by atoms with Crippen LogP contribution in [0.5, 0.6) is 0 Å². The normalized spacial score (nSPS) is 14.8. The predicted octanol–water partition coefficient (Wildman–Crippen LogP) is 4.24. The molecule has 1 fully saturated rings. The largest absolute Gasteiger partial charge is 0.419 e. The molecule has 1 aliphatic heterocycles. The topological polar surface area (TPSA) is 62.5 Å². The van der Waals surface area contributed by atoms with E-state index in [0.717, 1.165) is 24.2 Å². The van der Waals surface area contributed by atoms with Gasteiger partial charge < -0.3 is 9.32 Å². The van der Waals surface area contributed by atoms with Crippen LogP contribution in [0.25, 0.3) is 11.5 Å². The monoisotopic (exact) mass is 444 g/mol. The minimum atomic E-state index is 0.168. The van der Waals surface area contributed by atoms with E-state index in [0.29, 0.717) is 53.4 Å². The summed E-state index contributed by atoms with van der Waals surface area (Å²) in [7, 11) is 0. The Bertz CT molecular complexity index is 1050. The van der Waals surface area contributed by atoms with Crippen molar-refractivity contribution in [2.24, 2.45) is 0 Å². The molecule has 0 radical (unpaired) electrons. The zero-order valence-corrected chi connectivity index (χ0v) is 18.2. The van der Waals surface area contributed by atoms with Crippen molar-refractivity contribution in [1.29, 1.82) is 0 Å². The van der Waals surface area contributed by atoms with Gasteiger partial charge in [-0.1, -0.05) is 47.5 Å². The third-order valence-electron chi connectivity index (χ3n) is 5.32. The molecule has 0 atom stereocenters. The molecule has 1 aromatic heterocycles. The van der Waals surface area contributed by atoms with Crippen molar-refractivity contribution in [3.05, 3.63) is 69.5 Å². The highest BCUT2D eigenvalue weighted by molar-refractivity contribution is 6.36. The summed E-state index contributed by atoms with van der Waals surface area (Å²) in [4.78, 5) is 16.8. The molecule has 1 amide bonds. The van der Waals surface area contributed by atoms with Crippen molar-refractivity contribution >= 4 is 29.1 Å². The molecule has 1 saturated heterocycles. The Morgan fingerprint density at radius 3 is 2.57 bits per heavy atom. The van der Waals surface area contributed by atoms with Crippen LogP contribution < -0.4 is 0 Å². The summed E-state index contributed by atoms with van der Waals surface area (Å²) in [5, 5.41) is 9.27. The van der Waals surface area contributed by atoms with E-state index in [-0.39, 0.29) is 5.91 Å². The zero-order chi connectivity index (χ0) is 21.1. The van der Waals surface area contributed by atoms with Gasteiger partial charge in [0.05, 0.1) is 23.6 Å². The molecule has 30 heavy (non-hydrogen) atoms. The Balaban J connectivity index is 1.31. The van der Waals surface area contributed by atoms with E-state index in [1.54, 1.807) is 18.2 Å². The molecule has 3 aromatic rings. The van der Waals surface area contributed by atoms with Gasteiger partial charge in [0.15, 0.2) is 0 Å². The van der Waals surface area contributed by atoms with Crippen LogP contribution in [0, 0.1) is 6.92 Å². The first-order valence-electron chi connectivity index (χ1n) is 9.82. The molecule has 0 unspecified atom stereocenters. The lowest BCUT2D eigenvalue weighted by Crippen LogP contribution is -2.48. The van der Waals surface area contributed by atoms with Crippen molar-refractivity contribution in [2.45, 2.75) is 19.9 Å². The van der Waals surface area contributed by atoms with E-state index >= 15 is 0 Å². The number of hydrogen-bond donors (Lipinski definition) is 0. The van der Waals surface area contributed by atoms with E-state index in [1.165, 1.54) is 0 Å². The fourth-order valence-electron chi connectivity index (χ4n) is 3.52. The molecule has 4 rings (SSSR count). The fourth-order valence-corrected chi connectivity index (χ4v) is 4.01. The average Bonchev–Trinajstić information content (AvgIpc) is 3.18. The summed E-state index contributed by atoms with van der Waals surface area (Å²) in [5.74, 6) is 1.07. The number of benzene rings is 2. The first-order chi connectivity index (χ1) is 14.5. The number of halogens is 2. The van der Waals surface area contributed by atoms with Crippen molar-refractivity contribution in [3.8, 4) is 11.5 Å². The first kappa shape index (κ1) is 20.8. The van der Waals surface area contributed by atoms with Crippen LogP contribution >= 0.6 is 23.2 Å². The summed E-state index contributed by atoms with van der Waals surface area (Å²) in [6.07, 6.45) is 0.446. The second kappa shape index (κ2) is 9.16. The molecule has 8 heteroatoms. The van der Waals surface area contributed by atoms with Gasteiger partial charge in [0, 0.05) is 31.2 Å². The third-order valence-corrected chi connectivity index (χ3v) is 5.86. The highest BCUT2D eigenvalue weighted by atomic mass is 35.5. The number of aryl methyl sites for hydroxylation is 1. The van der Waals surface area contributed by atoms with Crippen LogP contribution in [-0.4, -0.2) is 52.1 Å². The van der Waals surface area contributed by atoms with Crippen molar-refractivity contribution < 1.29 is 9.21 Å². The lowest BCUT2D eigenvalue weighted by Gasteiger charge is -2.34. The van der Waals surface area contributed by atoms with E-state index in [4.69, 9.17) is 27.6 Å². The molecule has 0 spiro atoms. The number of nitrogens with zero attached hydrogens (tertiary/aromatic N) is 4. The fraction of sp³-hybridized carbons (Fsp3) is 0.318. The van der Waals surface area contributed by atoms with Crippen molar-refractivity contribution in [3.63, 3.8) is 0 Å². The number of rotatable bonds is 5. The van der Waals surface area contributed by atoms with Crippen LogP contribution in [0.3, 0.4) is 0 Å². The number of amides is 1. The van der Waals surface area contributed by atoms with Gasteiger partial charge in [0.1, 0.15) is 0 Å². The van der Waals surface area contributed by atoms with Crippen molar-refractivity contribution in [2.75, 3.05) is 26.2 Å². The highest BCUT2D eigenvalue weighted by Crippen LogP contribution is 2.29. The van der Waals surface area contributed by atoms with Crippen LogP contribution in [-0.2, 0) is 17.8 Å². The maximum atomic E-state index is 12.6. The van der Waals surface area contributed by atoms with Crippen molar-refractivity contribution in [1.82, 2.24) is 20.0 Å². The second-order valence-electron chi connectivity index (χ2n) is 7.39. The minimum Gasteiger partial charge on any atom is -0.419 e. The molecular weight excluding hydrogens is 423 g/mol. The molecule has 2 aromatic carbocycles. The summed E-state index contributed by atoms with van der Waals surface area (Å²) >= 11 is 12.2. The summed E-state index contributed by atoms with van der Waals surface area (Å²) < 4.78 is 5.79. The van der Waals surface area contributed by atoms with Crippen LogP contribution in [0.2, 0.25) is 10.0 Å². The highest BCUT2D eigenvalue weighted by Gasteiger charge is 2.23. The maximum Gasteiger partial charge on any atom is 0.249 e. The number of carbonyl (C=O) groups excluding carboxylic acids is 1. The molecule has 156 valence electrons. The Morgan fingerprint density at radius 1 is 1.07 bits per heavy atom. The van der Waals surface area contributed by atoms with E-state index in [9.17, 15) is 4.79 Å². The van der Waals surface area contributed by atoms with E-state index in [1.807, 2.05) is 36.1 Å². The van der Waals surface area contributed by atoms with Gasteiger partial charge in [-0.2, -0.15) is 0 Å². The third kappa shape index (κ3) is 4.83. The Hall–Kier alpha value is -2.41. The van der Waals surface area contributed by atoms with Gasteiger partial charge in [-0.25, -0.2) is 0 Å². The van der Waals surface area contributed by atoms with Gasteiger partial charge in [-0.15, -0.1) is 10.2 Å². The molecule has 0 N–H and O–H groups in total. The quantitative estimate of drug-likeness (QED) is 0.588. The molecule has 1 aliphatic rings. The van der Waals surface area contributed by atoms with Gasteiger partial charge >= 0.3 is 0 Å². The van der Waals surface area contributed by atoms with Crippen LogP contribution in [0.15, 0.2) is 46.9 Å². The van der Waals surface area contributed by atoms with Gasteiger partial charge in [0.2, 0.25) is 17.7 Å². The lowest BCUT2D eigenvalue weighted by atomic mass is 10.1. The Labute approximate surface area is 185 Å². The van der Waals surface area contributed by atoms with E-state index < -0.39 is 0 Å². The SMILES string of the molecule is Cc1ccccc1CC(=O)N1CCN(Cc2nnc(-c3ccc(Cl)cc3Cl)o2)CC1. The Kier molecular flexibility index (Phi) is 6.37. The van der Waals surface area contributed by atoms with Crippen LogP contribution in [0.4, 0.5) is 0 Å². The standard InChI is InChI=1S/C22H22Cl2N4O2/c1-15-4-2-3-5-16(15)12-21(29)28-10-8-27(9-11-28)14-20-25-26-22(30-20)18-7-6-17(23)13-19(18)24/h2-7,13H,8-12,14H2,1H3. The second-order valence-corrected chi connectivity index (χ2v) is 8.23. The summed E-state index contributed by atoms with van der Waals surface area (Å²) in [6, 6.07) is 13.2. The molecular formula is C22H22Cl2N4O2. The van der Waals surface area contributed by atoms with Gasteiger partial charge in [-0.3, -0.25) is 9.69 Å². The van der Waals surface area contributed by atoms with Gasteiger partial charge in [-0.05, 0) is 36.2 Å². The minimum absolute atomic E-state index is 0.168. The Morgan fingerprint density at radius 2 is 1.83 bits per heavy atom. The number of hydrogen-bond acceptors (Lipinski definition) is 5. The smallest absolute Gasteiger partial charge is 0.249 e. The molecule has 0 saturated carbocycles. The van der Waals surface area contributed by atoms with Gasteiger partial charge in [0.25, 0.3) is 0 Å². The molecule has 6 nitrogen and oxygen atoms in total. The molecule has 0 aliphatic carbocycles. The predicted molar refractivity (Wildman–Crippen MR) is 116 cm³/mol. The molecule has 0 bridgehead atoms. The first-order valence-corrected chi connectivity index (χ1v) is 10.6. The maximum absolute atomic E-state index is 12.6. The number of carbonyl (C=O) groups is 1. The van der Waals surface area contributed by atoms with Crippen LogP contribution in [0.1, 0.15) is 17.0 Å².